The van der Waals surface area contributed by atoms with Crippen LogP contribution in [0.5, 0.6) is 0 Å². The fourth-order valence-electron chi connectivity index (χ4n) is 2.26. The van der Waals surface area contributed by atoms with Gasteiger partial charge in [-0.3, -0.25) is 14.3 Å². The van der Waals surface area contributed by atoms with E-state index in [1.165, 1.54) is 4.57 Å². The quantitative estimate of drug-likeness (QED) is 0.738. The maximum Gasteiger partial charge on any atom is 0.330 e. The van der Waals surface area contributed by atoms with Gasteiger partial charge in [-0.05, 0) is 19.9 Å². The van der Waals surface area contributed by atoms with Crippen LogP contribution in [0.15, 0.2) is 33.9 Å². The van der Waals surface area contributed by atoms with Gasteiger partial charge < -0.3 is 4.98 Å². The molecule has 0 aliphatic carbocycles. The van der Waals surface area contributed by atoms with Crippen LogP contribution in [0.2, 0.25) is 0 Å². The lowest BCUT2D eigenvalue weighted by molar-refractivity contribution is 0.720. The predicted molar refractivity (Wildman–Crippen MR) is 76.8 cm³/mol. The average Bonchev–Trinajstić information content (AvgIpc) is 2.84. The summed E-state index contributed by atoms with van der Waals surface area (Å²) in [6.07, 6.45) is 0. The van der Waals surface area contributed by atoms with Crippen LogP contribution >= 0.6 is 0 Å². The van der Waals surface area contributed by atoms with Gasteiger partial charge in [0.1, 0.15) is 11.3 Å². The number of fused-ring (bicyclic) bond motifs is 1. The minimum atomic E-state index is -0.443. The van der Waals surface area contributed by atoms with Gasteiger partial charge >= 0.3 is 5.69 Å². The van der Waals surface area contributed by atoms with Crippen molar-refractivity contribution in [3.8, 4) is 11.4 Å². The third-order valence-electron chi connectivity index (χ3n) is 3.24. The SMILES string of the molecule is CCn1c(=O)[nH]c(=O)c2[nH]c(-c3cccc(C)c3)nc21. The molecule has 6 nitrogen and oxygen atoms in total. The van der Waals surface area contributed by atoms with Crippen molar-refractivity contribution < 1.29 is 0 Å². The van der Waals surface area contributed by atoms with Gasteiger partial charge in [-0.2, -0.15) is 0 Å². The van der Waals surface area contributed by atoms with Crippen LogP contribution in [-0.4, -0.2) is 19.5 Å². The Labute approximate surface area is 114 Å². The summed E-state index contributed by atoms with van der Waals surface area (Å²) in [4.78, 5) is 33.3. The van der Waals surface area contributed by atoms with Crippen LogP contribution in [0.3, 0.4) is 0 Å². The van der Waals surface area contributed by atoms with Crippen molar-refractivity contribution in [1.82, 2.24) is 19.5 Å². The Morgan fingerprint density at radius 2 is 2.05 bits per heavy atom. The lowest BCUT2D eigenvalue weighted by Crippen LogP contribution is -2.29. The summed E-state index contributed by atoms with van der Waals surface area (Å²) in [5.74, 6) is 0.585. The maximum absolute atomic E-state index is 11.8. The number of hydrogen-bond donors (Lipinski definition) is 2. The molecule has 3 rings (SSSR count). The number of nitrogens with zero attached hydrogens (tertiary/aromatic N) is 2. The molecular formula is C14H14N4O2. The second-order valence-electron chi connectivity index (χ2n) is 4.66. The second kappa shape index (κ2) is 4.48. The van der Waals surface area contributed by atoms with Crippen LogP contribution < -0.4 is 11.2 Å². The standard InChI is InChI=1S/C14H14N4O2/c1-3-18-12-10(13(19)17-14(18)20)15-11(16-12)9-6-4-5-8(2)7-9/h4-7H,3H2,1-2H3,(H,15,16)(H,17,19,20). The number of benzene rings is 1. The Hall–Kier alpha value is -2.63. The molecule has 0 aliphatic rings. The van der Waals surface area contributed by atoms with Gasteiger partial charge in [0, 0.05) is 12.1 Å². The van der Waals surface area contributed by atoms with Crippen molar-refractivity contribution in [2.45, 2.75) is 20.4 Å². The molecule has 3 aromatic rings. The number of rotatable bonds is 2. The summed E-state index contributed by atoms with van der Waals surface area (Å²) in [7, 11) is 0. The van der Waals surface area contributed by atoms with Crippen molar-refractivity contribution in [2.24, 2.45) is 0 Å². The number of hydrogen-bond acceptors (Lipinski definition) is 3. The van der Waals surface area contributed by atoms with Crippen molar-refractivity contribution in [3.63, 3.8) is 0 Å². The molecule has 2 aromatic heterocycles. The summed E-state index contributed by atoms with van der Waals surface area (Å²) in [6, 6.07) is 7.80. The number of aromatic nitrogens is 4. The van der Waals surface area contributed by atoms with Crippen LogP contribution in [-0.2, 0) is 6.54 Å². The fraction of sp³-hybridized carbons (Fsp3) is 0.214. The first-order valence-electron chi connectivity index (χ1n) is 6.40. The Morgan fingerprint density at radius 3 is 2.75 bits per heavy atom. The molecule has 1 aromatic carbocycles. The number of aromatic amines is 2. The number of H-pyrrole nitrogens is 2. The van der Waals surface area contributed by atoms with E-state index in [2.05, 4.69) is 15.0 Å². The van der Waals surface area contributed by atoms with E-state index in [0.29, 0.717) is 23.5 Å². The molecule has 0 spiro atoms. The van der Waals surface area contributed by atoms with Gasteiger partial charge in [-0.25, -0.2) is 9.78 Å². The molecule has 0 radical (unpaired) electrons. The summed E-state index contributed by atoms with van der Waals surface area (Å²) in [5.41, 5.74) is 1.81. The number of aryl methyl sites for hydroxylation is 2. The zero-order valence-corrected chi connectivity index (χ0v) is 11.2. The first-order valence-corrected chi connectivity index (χ1v) is 6.40. The van der Waals surface area contributed by atoms with Crippen molar-refractivity contribution >= 4 is 11.2 Å². The molecule has 0 amide bonds. The van der Waals surface area contributed by atoms with E-state index in [0.717, 1.165) is 11.1 Å². The minimum absolute atomic E-state index is 0.322. The van der Waals surface area contributed by atoms with Crippen LogP contribution in [0.4, 0.5) is 0 Å². The molecule has 20 heavy (non-hydrogen) atoms. The highest BCUT2D eigenvalue weighted by Crippen LogP contribution is 2.19. The molecule has 0 fully saturated rings. The molecule has 2 N–H and O–H groups in total. The Kier molecular flexibility index (Phi) is 2.78. The van der Waals surface area contributed by atoms with Crippen molar-refractivity contribution in [2.75, 3.05) is 0 Å². The van der Waals surface area contributed by atoms with Gasteiger partial charge in [0.05, 0.1) is 0 Å². The number of nitrogens with one attached hydrogen (secondary N) is 2. The highest BCUT2D eigenvalue weighted by molar-refractivity contribution is 5.75. The Balaban J connectivity index is 2.33. The van der Waals surface area contributed by atoms with E-state index in [9.17, 15) is 9.59 Å². The molecular weight excluding hydrogens is 256 g/mol. The predicted octanol–water partition coefficient (Wildman–Crippen LogP) is 1.41. The topological polar surface area (TPSA) is 83.5 Å². The summed E-state index contributed by atoms with van der Waals surface area (Å²) in [5, 5.41) is 0. The zero-order chi connectivity index (χ0) is 14.3. The lowest BCUT2D eigenvalue weighted by Gasteiger charge is -2.00. The average molecular weight is 270 g/mol. The molecule has 0 bridgehead atoms. The monoisotopic (exact) mass is 270 g/mol. The Bertz CT molecular complexity index is 901. The molecule has 2 heterocycles. The van der Waals surface area contributed by atoms with E-state index in [-0.39, 0.29) is 0 Å². The van der Waals surface area contributed by atoms with Crippen molar-refractivity contribution in [1.29, 1.82) is 0 Å². The van der Waals surface area contributed by atoms with E-state index in [4.69, 9.17) is 0 Å². The van der Waals surface area contributed by atoms with Crippen molar-refractivity contribution in [3.05, 3.63) is 50.7 Å². The summed E-state index contributed by atoms with van der Waals surface area (Å²) in [6.45, 7) is 4.27. The molecule has 102 valence electrons. The largest absolute Gasteiger partial charge is 0.332 e. The molecule has 0 unspecified atom stereocenters. The first-order chi connectivity index (χ1) is 9.60. The first kappa shape index (κ1) is 12.4. The second-order valence-corrected chi connectivity index (χ2v) is 4.66. The smallest absolute Gasteiger partial charge is 0.330 e. The number of imidazole rings is 1. The maximum atomic E-state index is 11.8. The lowest BCUT2D eigenvalue weighted by atomic mass is 10.1. The Morgan fingerprint density at radius 1 is 1.25 bits per heavy atom. The summed E-state index contributed by atoms with van der Waals surface area (Å²) < 4.78 is 1.44. The van der Waals surface area contributed by atoms with E-state index in [1.54, 1.807) is 0 Å². The zero-order valence-electron chi connectivity index (χ0n) is 11.2. The molecule has 6 heteroatoms. The van der Waals surface area contributed by atoms with E-state index >= 15 is 0 Å². The third kappa shape index (κ3) is 1.85. The molecule has 0 saturated carbocycles. The van der Waals surface area contributed by atoms with Gasteiger partial charge in [-0.1, -0.05) is 23.8 Å². The van der Waals surface area contributed by atoms with Crippen LogP contribution in [0.25, 0.3) is 22.6 Å². The van der Waals surface area contributed by atoms with Gasteiger partial charge in [0.2, 0.25) is 0 Å². The molecule has 0 aliphatic heterocycles. The van der Waals surface area contributed by atoms with E-state index < -0.39 is 11.2 Å². The normalized spacial score (nSPS) is 11.1. The minimum Gasteiger partial charge on any atom is -0.332 e. The molecule has 0 saturated heterocycles. The highest BCUT2D eigenvalue weighted by atomic mass is 16.2. The van der Waals surface area contributed by atoms with Crippen LogP contribution in [0, 0.1) is 6.92 Å². The van der Waals surface area contributed by atoms with Crippen LogP contribution in [0.1, 0.15) is 12.5 Å². The summed E-state index contributed by atoms with van der Waals surface area (Å²) >= 11 is 0. The van der Waals surface area contributed by atoms with E-state index in [1.807, 2.05) is 38.1 Å². The molecule has 0 atom stereocenters. The van der Waals surface area contributed by atoms with Gasteiger partial charge in [0.15, 0.2) is 5.65 Å². The third-order valence-corrected chi connectivity index (χ3v) is 3.24. The highest BCUT2D eigenvalue weighted by Gasteiger charge is 2.12. The fourth-order valence-corrected chi connectivity index (χ4v) is 2.26. The van der Waals surface area contributed by atoms with Gasteiger partial charge in [-0.15, -0.1) is 0 Å². The van der Waals surface area contributed by atoms with Gasteiger partial charge in [0.25, 0.3) is 5.56 Å².